The lowest BCUT2D eigenvalue weighted by molar-refractivity contribution is -0.384. The lowest BCUT2D eigenvalue weighted by Crippen LogP contribution is -2.38. The Morgan fingerprint density at radius 2 is 2.17 bits per heavy atom. The lowest BCUT2D eigenvalue weighted by atomic mass is 10.2. The fourth-order valence-electron chi connectivity index (χ4n) is 2.15. The zero-order valence-electron chi connectivity index (χ0n) is 12.7. The standard InChI is InChI=1S/C14H15N3O7/c1-8(13(19)20)15-12(18)3-2-6-16-10-5-4-9(17(22)23)7-11(10)24-14(16)21/h4-5,7-8H,2-3,6H2,1H3,(H,15,18)(H,19,20). The van der Waals surface area contributed by atoms with Crippen LogP contribution in [0, 0.1) is 10.1 Å². The summed E-state index contributed by atoms with van der Waals surface area (Å²) in [5, 5.41) is 21.7. The summed E-state index contributed by atoms with van der Waals surface area (Å²) < 4.78 is 6.24. The van der Waals surface area contributed by atoms with Crippen molar-refractivity contribution in [2.24, 2.45) is 0 Å². The van der Waals surface area contributed by atoms with Crippen molar-refractivity contribution in [1.82, 2.24) is 9.88 Å². The van der Waals surface area contributed by atoms with Crippen molar-refractivity contribution in [2.75, 3.05) is 0 Å². The van der Waals surface area contributed by atoms with Crippen LogP contribution in [0.5, 0.6) is 0 Å². The van der Waals surface area contributed by atoms with Crippen LogP contribution in [-0.4, -0.2) is 32.5 Å². The topological polar surface area (TPSA) is 145 Å². The number of benzene rings is 1. The molecule has 0 bridgehead atoms. The van der Waals surface area contributed by atoms with Crippen molar-refractivity contribution >= 4 is 28.7 Å². The summed E-state index contributed by atoms with van der Waals surface area (Å²) in [6.07, 6.45) is 0.313. The normalized spacial score (nSPS) is 12.0. The van der Waals surface area contributed by atoms with Crippen LogP contribution in [0.1, 0.15) is 19.8 Å². The summed E-state index contributed by atoms with van der Waals surface area (Å²) >= 11 is 0. The van der Waals surface area contributed by atoms with Crippen LogP contribution < -0.4 is 11.1 Å². The molecule has 10 nitrogen and oxygen atoms in total. The number of non-ortho nitro benzene ring substituents is 1. The third-order valence-electron chi connectivity index (χ3n) is 3.40. The van der Waals surface area contributed by atoms with E-state index in [1.165, 1.54) is 23.6 Å². The molecule has 128 valence electrons. The molecule has 1 aromatic heterocycles. The third kappa shape index (κ3) is 3.77. The number of nitro groups is 1. The van der Waals surface area contributed by atoms with Crippen molar-refractivity contribution in [2.45, 2.75) is 32.4 Å². The molecular weight excluding hydrogens is 322 g/mol. The zero-order valence-corrected chi connectivity index (χ0v) is 12.7. The molecule has 0 radical (unpaired) electrons. The Kier molecular flexibility index (Phi) is 4.97. The molecule has 0 aliphatic heterocycles. The molecule has 1 atom stereocenters. The van der Waals surface area contributed by atoms with Crippen molar-refractivity contribution in [3.8, 4) is 0 Å². The van der Waals surface area contributed by atoms with E-state index in [2.05, 4.69) is 5.32 Å². The van der Waals surface area contributed by atoms with Crippen molar-refractivity contribution in [3.05, 3.63) is 38.9 Å². The number of carbonyl (C=O) groups excluding carboxylic acids is 1. The third-order valence-corrected chi connectivity index (χ3v) is 3.40. The van der Waals surface area contributed by atoms with Crippen molar-refractivity contribution < 1.29 is 24.0 Å². The Bertz CT molecular complexity index is 852. The molecule has 0 aliphatic rings. The molecule has 0 fully saturated rings. The number of carboxylic acid groups (broad SMARTS) is 1. The van der Waals surface area contributed by atoms with E-state index in [0.29, 0.717) is 5.52 Å². The van der Waals surface area contributed by atoms with Gasteiger partial charge in [-0.15, -0.1) is 0 Å². The van der Waals surface area contributed by atoms with Crippen LogP contribution in [0.3, 0.4) is 0 Å². The number of oxazole rings is 1. The number of rotatable bonds is 7. The van der Waals surface area contributed by atoms with Crippen LogP contribution >= 0.6 is 0 Å². The summed E-state index contributed by atoms with van der Waals surface area (Å²) in [5.41, 5.74) is 0.300. The van der Waals surface area contributed by atoms with E-state index in [1.807, 2.05) is 0 Å². The average Bonchev–Trinajstić information content (AvgIpc) is 2.82. The van der Waals surface area contributed by atoms with E-state index >= 15 is 0 Å². The summed E-state index contributed by atoms with van der Waals surface area (Å²) in [7, 11) is 0. The van der Waals surface area contributed by atoms with Gasteiger partial charge in [-0.1, -0.05) is 0 Å². The van der Waals surface area contributed by atoms with Gasteiger partial charge in [0.2, 0.25) is 5.91 Å². The predicted octanol–water partition coefficient (Wildman–Crippen LogP) is 0.872. The molecule has 0 saturated carbocycles. The van der Waals surface area contributed by atoms with Crippen LogP contribution in [0.4, 0.5) is 5.69 Å². The molecule has 1 unspecified atom stereocenters. The molecular formula is C14H15N3O7. The maximum atomic E-state index is 11.8. The van der Waals surface area contributed by atoms with Gasteiger partial charge in [-0.3, -0.25) is 24.3 Å². The van der Waals surface area contributed by atoms with Gasteiger partial charge in [-0.25, -0.2) is 4.79 Å². The molecule has 0 spiro atoms. The van der Waals surface area contributed by atoms with Gasteiger partial charge >= 0.3 is 11.7 Å². The minimum atomic E-state index is -1.14. The number of hydrogen-bond acceptors (Lipinski definition) is 6. The Balaban J connectivity index is 2.04. The van der Waals surface area contributed by atoms with E-state index in [9.17, 15) is 24.5 Å². The van der Waals surface area contributed by atoms with Crippen LogP contribution in [0.2, 0.25) is 0 Å². The van der Waals surface area contributed by atoms with Crippen LogP contribution in [0.15, 0.2) is 27.4 Å². The maximum Gasteiger partial charge on any atom is 0.419 e. The average molecular weight is 337 g/mol. The molecule has 1 heterocycles. The predicted molar refractivity (Wildman–Crippen MR) is 81.6 cm³/mol. The molecule has 1 amide bonds. The molecule has 2 N–H and O–H groups in total. The number of nitrogens with zero attached hydrogens (tertiary/aromatic N) is 2. The van der Waals surface area contributed by atoms with Gasteiger partial charge in [0.15, 0.2) is 5.58 Å². The highest BCUT2D eigenvalue weighted by atomic mass is 16.6. The van der Waals surface area contributed by atoms with E-state index in [0.717, 1.165) is 6.07 Å². The smallest absolute Gasteiger partial charge is 0.419 e. The van der Waals surface area contributed by atoms with Crippen LogP contribution in [0.25, 0.3) is 11.1 Å². The minimum absolute atomic E-state index is 0.0315. The minimum Gasteiger partial charge on any atom is -0.480 e. The number of nitrogens with one attached hydrogen (secondary N) is 1. The van der Waals surface area contributed by atoms with Crippen molar-refractivity contribution in [1.29, 1.82) is 0 Å². The van der Waals surface area contributed by atoms with Gasteiger partial charge < -0.3 is 14.8 Å². The van der Waals surface area contributed by atoms with E-state index < -0.39 is 28.6 Å². The number of carboxylic acids is 1. The fraction of sp³-hybridized carbons (Fsp3) is 0.357. The SMILES string of the molecule is CC(NC(=O)CCCn1c(=O)oc2cc([N+](=O)[O-])ccc21)C(=O)O. The number of aliphatic carboxylic acids is 1. The summed E-state index contributed by atoms with van der Waals surface area (Å²) in [5.74, 6) is -2.26. The second-order valence-corrected chi connectivity index (χ2v) is 5.16. The molecule has 2 rings (SSSR count). The zero-order chi connectivity index (χ0) is 17.9. The van der Waals surface area contributed by atoms with Gasteiger partial charge in [0.1, 0.15) is 6.04 Å². The summed E-state index contributed by atoms with van der Waals surface area (Å²) in [6, 6.07) is 2.84. The number of hydrogen-bond donors (Lipinski definition) is 2. The molecule has 0 aliphatic carbocycles. The first-order chi connectivity index (χ1) is 11.3. The number of amides is 1. The van der Waals surface area contributed by atoms with Crippen molar-refractivity contribution in [3.63, 3.8) is 0 Å². The second kappa shape index (κ2) is 6.94. The molecule has 0 saturated heterocycles. The van der Waals surface area contributed by atoms with Gasteiger partial charge in [0, 0.05) is 19.0 Å². The first-order valence-corrected chi connectivity index (χ1v) is 7.09. The second-order valence-electron chi connectivity index (χ2n) is 5.16. The van der Waals surface area contributed by atoms with E-state index in [-0.39, 0.29) is 30.7 Å². The maximum absolute atomic E-state index is 11.8. The fourth-order valence-corrected chi connectivity index (χ4v) is 2.15. The first kappa shape index (κ1) is 17.2. The number of fused-ring (bicyclic) bond motifs is 1. The highest BCUT2D eigenvalue weighted by Gasteiger charge is 2.16. The lowest BCUT2D eigenvalue weighted by Gasteiger charge is -2.09. The molecule has 10 heteroatoms. The largest absolute Gasteiger partial charge is 0.480 e. The number of nitro benzene ring substituents is 1. The van der Waals surface area contributed by atoms with E-state index in [1.54, 1.807) is 0 Å². The van der Waals surface area contributed by atoms with Gasteiger partial charge in [0.25, 0.3) is 5.69 Å². The Hall–Kier alpha value is -3.17. The molecule has 24 heavy (non-hydrogen) atoms. The van der Waals surface area contributed by atoms with Crippen LogP contribution in [-0.2, 0) is 16.1 Å². The Morgan fingerprint density at radius 1 is 1.46 bits per heavy atom. The van der Waals surface area contributed by atoms with Gasteiger partial charge in [-0.05, 0) is 19.4 Å². The summed E-state index contributed by atoms with van der Waals surface area (Å²) in [6.45, 7) is 1.51. The Labute approximate surface area is 134 Å². The monoisotopic (exact) mass is 337 g/mol. The molecule has 2 aromatic rings. The number of aryl methyl sites for hydroxylation is 1. The summed E-state index contributed by atoms with van der Waals surface area (Å²) in [4.78, 5) is 44.2. The highest BCUT2D eigenvalue weighted by Crippen LogP contribution is 2.20. The number of carbonyl (C=O) groups is 2. The van der Waals surface area contributed by atoms with Gasteiger partial charge in [0.05, 0.1) is 16.5 Å². The van der Waals surface area contributed by atoms with Gasteiger partial charge in [-0.2, -0.15) is 0 Å². The van der Waals surface area contributed by atoms with E-state index in [4.69, 9.17) is 9.52 Å². The molecule has 1 aromatic carbocycles. The Morgan fingerprint density at radius 3 is 2.79 bits per heavy atom. The highest BCUT2D eigenvalue weighted by molar-refractivity contribution is 5.83. The number of aromatic nitrogens is 1. The first-order valence-electron chi connectivity index (χ1n) is 7.09. The quantitative estimate of drug-likeness (QED) is 0.563.